The van der Waals surface area contributed by atoms with Crippen molar-refractivity contribution in [3.63, 3.8) is 0 Å². The maximum atomic E-state index is 13.8. The number of carbonyl (C=O) groups excluding carboxylic acids is 2. The molecule has 33 heavy (non-hydrogen) atoms. The van der Waals surface area contributed by atoms with E-state index in [1.807, 2.05) is 6.92 Å². The molecule has 9 heteroatoms. The molecule has 1 aliphatic carbocycles. The van der Waals surface area contributed by atoms with E-state index in [0.717, 1.165) is 0 Å². The summed E-state index contributed by atoms with van der Waals surface area (Å²) in [6.07, 6.45) is 1.15. The van der Waals surface area contributed by atoms with Gasteiger partial charge in [-0.3, -0.25) is 9.59 Å². The van der Waals surface area contributed by atoms with Crippen molar-refractivity contribution >= 4 is 23.3 Å². The molecule has 1 aromatic carbocycles. The van der Waals surface area contributed by atoms with E-state index < -0.39 is 12.0 Å². The Morgan fingerprint density at radius 2 is 1.79 bits per heavy atom. The predicted octanol–water partition coefficient (Wildman–Crippen LogP) is 2.85. The van der Waals surface area contributed by atoms with Gasteiger partial charge in [0, 0.05) is 18.5 Å². The molecule has 1 fully saturated rings. The number of alkyl halides is 1. The maximum Gasteiger partial charge on any atom is 0.290 e. The summed E-state index contributed by atoms with van der Waals surface area (Å²) in [5.74, 6) is 0.727. The minimum Gasteiger partial charge on any atom is -0.493 e. The number of halogens is 1. The van der Waals surface area contributed by atoms with Gasteiger partial charge in [-0.2, -0.15) is 0 Å². The molecule has 0 saturated heterocycles. The van der Waals surface area contributed by atoms with Crippen molar-refractivity contribution in [2.24, 2.45) is 11.8 Å². The monoisotopic (exact) mass is 479 g/mol. The number of hydrogen-bond acceptors (Lipinski definition) is 7. The summed E-state index contributed by atoms with van der Waals surface area (Å²) < 4.78 is 22.6. The number of fused-ring (bicyclic) bond motifs is 1. The molecule has 1 saturated carbocycles. The van der Waals surface area contributed by atoms with Crippen LogP contribution >= 0.6 is 11.6 Å². The summed E-state index contributed by atoms with van der Waals surface area (Å²) in [6, 6.07) is 2.80. The number of rotatable bonds is 7. The Hall–Kier alpha value is -2.45. The Balaban J connectivity index is 1.83. The van der Waals surface area contributed by atoms with Crippen LogP contribution in [0.25, 0.3) is 0 Å². The molecule has 1 aromatic rings. The summed E-state index contributed by atoms with van der Waals surface area (Å²) >= 11 is 6.51. The van der Waals surface area contributed by atoms with E-state index in [4.69, 9.17) is 30.5 Å². The van der Waals surface area contributed by atoms with E-state index >= 15 is 0 Å². The highest BCUT2D eigenvalue weighted by Gasteiger charge is 2.53. The third-order valence-electron chi connectivity index (χ3n) is 6.87. The van der Waals surface area contributed by atoms with E-state index in [0.29, 0.717) is 47.6 Å². The molecule has 1 N–H and O–H groups in total. The van der Waals surface area contributed by atoms with Gasteiger partial charge >= 0.3 is 0 Å². The third kappa shape index (κ3) is 3.93. The second-order valence-corrected chi connectivity index (χ2v) is 9.33. The lowest BCUT2D eigenvalue weighted by atomic mass is 9.74. The highest BCUT2D eigenvalue weighted by molar-refractivity contribution is 6.21. The maximum absolute atomic E-state index is 13.8. The fraction of sp³-hybridized carbons (Fsp3) is 0.583. The first kappa shape index (κ1) is 23.7. The number of Topliss-reactive ketones (excluding diaryl/α,β-unsaturated/α-hetero) is 1. The number of carbonyl (C=O) groups is 2. The minimum atomic E-state index is -0.686. The standard InChI is InChI=1S/C24H30ClNO7/c1-12-8-16-14(11-15(12)25)21(28)19-20(26(6-5-7-27)24(29)23(19)33-16)13-9-17(30-2)22(32-4)18(10-13)31-3/h9-10,12,14-16,20,27H,5-8,11H2,1-4H3. The lowest BCUT2D eigenvalue weighted by Crippen LogP contribution is -2.44. The summed E-state index contributed by atoms with van der Waals surface area (Å²) in [6.45, 7) is 2.22. The largest absolute Gasteiger partial charge is 0.493 e. The van der Waals surface area contributed by atoms with Crippen molar-refractivity contribution in [1.29, 1.82) is 0 Å². The van der Waals surface area contributed by atoms with Gasteiger partial charge in [0.15, 0.2) is 23.0 Å². The van der Waals surface area contributed by atoms with Crippen LogP contribution in [-0.4, -0.2) is 67.7 Å². The topological polar surface area (TPSA) is 94.5 Å². The molecule has 2 aliphatic heterocycles. The molecule has 0 bridgehead atoms. The molecule has 5 unspecified atom stereocenters. The molecule has 0 spiro atoms. The Morgan fingerprint density at radius 3 is 2.36 bits per heavy atom. The third-order valence-corrected chi connectivity index (χ3v) is 7.47. The van der Waals surface area contributed by atoms with Gasteiger partial charge in [-0.05, 0) is 42.9 Å². The van der Waals surface area contributed by atoms with Crippen molar-refractivity contribution in [3.05, 3.63) is 29.0 Å². The van der Waals surface area contributed by atoms with Crippen LogP contribution in [0, 0.1) is 11.8 Å². The minimum absolute atomic E-state index is 0.0814. The zero-order chi connectivity index (χ0) is 23.9. The van der Waals surface area contributed by atoms with Gasteiger partial charge in [0.05, 0.1) is 38.9 Å². The average Bonchev–Trinajstić information content (AvgIpc) is 3.09. The van der Waals surface area contributed by atoms with Gasteiger partial charge in [-0.1, -0.05) is 6.92 Å². The van der Waals surface area contributed by atoms with Crippen LogP contribution in [-0.2, 0) is 14.3 Å². The van der Waals surface area contributed by atoms with Crippen molar-refractivity contribution in [2.45, 2.75) is 43.7 Å². The molecule has 4 rings (SSSR count). The number of hydrogen-bond donors (Lipinski definition) is 1. The fourth-order valence-corrected chi connectivity index (χ4v) is 5.44. The number of methoxy groups -OCH3 is 3. The Kier molecular flexibility index (Phi) is 6.77. The SMILES string of the molecule is COc1cc(C2C3=C(OC4CC(C)C(Cl)CC4C3=O)C(=O)N2CCCO)cc(OC)c1OC. The first-order valence-corrected chi connectivity index (χ1v) is 11.6. The second kappa shape index (κ2) is 9.43. The fourth-order valence-electron chi connectivity index (χ4n) is 5.14. The summed E-state index contributed by atoms with van der Waals surface area (Å²) in [5.41, 5.74) is 0.981. The zero-order valence-corrected chi connectivity index (χ0v) is 20.1. The van der Waals surface area contributed by atoms with Crippen molar-refractivity contribution in [3.8, 4) is 17.2 Å². The molecule has 0 radical (unpaired) electrons. The van der Waals surface area contributed by atoms with E-state index in [-0.39, 0.29) is 48.0 Å². The van der Waals surface area contributed by atoms with Crippen LogP contribution in [0.1, 0.15) is 37.8 Å². The van der Waals surface area contributed by atoms with E-state index in [2.05, 4.69) is 0 Å². The second-order valence-electron chi connectivity index (χ2n) is 8.77. The predicted molar refractivity (Wildman–Crippen MR) is 121 cm³/mol. The first-order chi connectivity index (χ1) is 15.9. The number of amides is 1. The summed E-state index contributed by atoms with van der Waals surface area (Å²) in [7, 11) is 4.54. The van der Waals surface area contributed by atoms with Crippen molar-refractivity contribution in [1.82, 2.24) is 4.90 Å². The Bertz CT molecular complexity index is 953. The normalized spacial score (nSPS) is 28.9. The van der Waals surface area contributed by atoms with Crippen LogP contribution in [0.2, 0.25) is 0 Å². The van der Waals surface area contributed by atoms with Gasteiger partial charge in [-0.15, -0.1) is 11.6 Å². The number of benzene rings is 1. The lowest BCUT2D eigenvalue weighted by molar-refractivity contribution is -0.136. The zero-order valence-electron chi connectivity index (χ0n) is 19.3. The van der Waals surface area contributed by atoms with Crippen LogP contribution < -0.4 is 14.2 Å². The quantitative estimate of drug-likeness (QED) is 0.601. The number of nitrogens with zero attached hydrogens (tertiary/aromatic N) is 1. The van der Waals surface area contributed by atoms with Crippen LogP contribution in [0.4, 0.5) is 0 Å². The van der Waals surface area contributed by atoms with Crippen molar-refractivity contribution in [2.75, 3.05) is 34.5 Å². The molecule has 1 amide bonds. The molecular weight excluding hydrogens is 450 g/mol. The Morgan fingerprint density at radius 1 is 1.12 bits per heavy atom. The number of ether oxygens (including phenoxy) is 4. The van der Waals surface area contributed by atoms with Gasteiger partial charge in [0.25, 0.3) is 5.91 Å². The first-order valence-electron chi connectivity index (χ1n) is 11.2. The Labute approximate surface area is 198 Å². The van der Waals surface area contributed by atoms with Gasteiger partial charge < -0.3 is 29.0 Å². The summed E-state index contributed by atoms with van der Waals surface area (Å²) in [4.78, 5) is 28.8. The van der Waals surface area contributed by atoms with Gasteiger partial charge in [0.2, 0.25) is 5.75 Å². The highest BCUT2D eigenvalue weighted by atomic mass is 35.5. The molecule has 2 heterocycles. The molecule has 8 nitrogen and oxygen atoms in total. The smallest absolute Gasteiger partial charge is 0.290 e. The molecular formula is C24H30ClNO7. The van der Waals surface area contributed by atoms with E-state index in [9.17, 15) is 14.7 Å². The van der Waals surface area contributed by atoms with Crippen LogP contribution in [0.15, 0.2) is 23.5 Å². The number of aliphatic hydroxyl groups is 1. The molecule has 3 aliphatic rings. The van der Waals surface area contributed by atoms with E-state index in [1.54, 1.807) is 17.0 Å². The van der Waals surface area contributed by atoms with E-state index in [1.165, 1.54) is 21.3 Å². The average molecular weight is 480 g/mol. The number of aliphatic hydroxyl groups excluding tert-OH is 1. The van der Waals surface area contributed by atoms with Crippen molar-refractivity contribution < 1.29 is 33.6 Å². The van der Waals surface area contributed by atoms with Gasteiger partial charge in [-0.25, -0.2) is 0 Å². The van der Waals surface area contributed by atoms with Crippen LogP contribution in [0.5, 0.6) is 17.2 Å². The molecule has 0 aromatic heterocycles. The highest BCUT2D eigenvalue weighted by Crippen LogP contribution is 2.50. The lowest BCUT2D eigenvalue weighted by Gasteiger charge is -2.40. The molecule has 180 valence electrons. The van der Waals surface area contributed by atoms with Gasteiger partial charge in [0.1, 0.15) is 6.10 Å². The molecule has 5 atom stereocenters. The number of ketones is 1. The summed E-state index contributed by atoms with van der Waals surface area (Å²) in [5, 5.41) is 9.30. The van der Waals surface area contributed by atoms with Crippen LogP contribution in [0.3, 0.4) is 0 Å².